The summed E-state index contributed by atoms with van der Waals surface area (Å²) in [5.74, 6) is 0.00193. The minimum absolute atomic E-state index is 0.0281. The summed E-state index contributed by atoms with van der Waals surface area (Å²) >= 11 is 13.8. The van der Waals surface area contributed by atoms with E-state index in [1.54, 1.807) is 28.6 Å². The summed E-state index contributed by atoms with van der Waals surface area (Å²) in [7, 11) is -3.57. The van der Waals surface area contributed by atoms with Crippen LogP contribution < -0.4 is 0 Å². The van der Waals surface area contributed by atoms with Crippen LogP contribution in [0.5, 0.6) is 0 Å². The number of alkyl halides is 2. The predicted octanol–water partition coefficient (Wildman–Crippen LogP) is 7.45. The average Bonchev–Trinajstić information content (AvgIpc) is 3.30. The Labute approximate surface area is 210 Å². The molecule has 0 saturated carbocycles. The maximum absolute atomic E-state index is 13.3. The number of hydrogen-bond acceptors (Lipinski definition) is 2. The van der Waals surface area contributed by atoms with Crippen LogP contribution in [-0.4, -0.2) is 36.6 Å². The standard InChI is InChI=1S/C27H37Cl2NO2S/c1-2-3-4-5-6-7-14-19-26(28)27(29)25-21-30(20-24(25)22-15-10-8-11-16-22)33(31,32)23-17-12-9-13-18-23/h8-13,15-18,24-27H,2-7,14,19-21H2,1H3. The molecular formula is C27H37Cl2NO2S. The molecule has 0 spiro atoms. The largest absolute Gasteiger partial charge is 0.243 e. The highest BCUT2D eigenvalue weighted by Crippen LogP contribution is 2.41. The minimum atomic E-state index is -3.57. The van der Waals surface area contributed by atoms with Gasteiger partial charge in [-0.05, 0) is 30.0 Å². The van der Waals surface area contributed by atoms with Gasteiger partial charge in [-0.2, -0.15) is 4.31 Å². The Balaban J connectivity index is 1.67. The number of unbranched alkanes of at least 4 members (excludes halogenated alkanes) is 6. The van der Waals surface area contributed by atoms with E-state index in [0.29, 0.717) is 18.0 Å². The van der Waals surface area contributed by atoms with Crippen LogP contribution in [0.1, 0.15) is 69.8 Å². The summed E-state index contributed by atoms with van der Waals surface area (Å²) < 4.78 is 28.2. The molecule has 1 fully saturated rings. The zero-order valence-electron chi connectivity index (χ0n) is 19.6. The molecule has 0 radical (unpaired) electrons. The van der Waals surface area contributed by atoms with Crippen molar-refractivity contribution in [3.63, 3.8) is 0 Å². The van der Waals surface area contributed by atoms with Crippen LogP contribution in [0, 0.1) is 5.92 Å². The van der Waals surface area contributed by atoms with E-state index in [-0.39, 0.29) is 22.6 Å². The molecule has 0 aliphatic carbocycles. The molecule has 0 N–H and O–H groups in total. The predicted molar refractivity (Wildman–Crippen MR) is 140 cm³/mol. The highest BCUT2D eigenvalue weighted by molar-refractivity contribution is 7.89. The highest BCUT2D eigenvalue weighted by Gasteiger charge is 2.44. The molecule has 0 bridgehead atoms. The third-order valence-corrected chi connectivity index (χ3v) is 9.87. The van der Waals surface area contributed by atoms with E-state index in [4.69, 9.17) is 23.2 Å². The summed E-state index contributed by atoms with van der Waals surface area (Å²) in [5.41, 5.74) is 1.12. The smallest absolute Gasteiger partial charge is 0.207 e. The zero-order chi connectivity index (χ0) is 23.7. The Morgan fingerprint density at radius 3 is 2.06 bits per heavy atom. The van der Waals surface area contributed by atoms with Gasteiger partial charge in [-0.1, -0.05) is 100 Å². The van der Waals surface area contributed by atoms with Gasteiger partial charge in [0, 0.05) is 19.0 Å². The fourth-order valence-electron chi connectivity index (χ4n) is 4.83. The summed E-state index contributed by atoms with van der Waals surface area (Å²) in [5, 5.41) is -0.453. The van der Waals surface area contributed by atoms with Gasteiger partial charge in [0.15, 0.2) is 0 Å². The van der Waals surface area contributed by atoms with Crippen LogP contribution in [0.15, 0.2) is 65.6 Å². The lowest BCUT2D eigenvalue weighted by Gasteiger charge is -2.27. The Morgan fingerprint density at radius 1 is 0.848 bits per heavy atom. The molecule has 3 nitrogen and oxygen atoms in total. The fraction of sp³-hybridized carbons (Fsp3) is 0.556. The molecule has 1 saturated heterocycles. The Morgan fingerprint density at radius 2 is 1.42 bits per heavy atom. The van der Waals surface area contributed by atoms with Gasteiger partial charge >= 0.3 is 0 Å². The first kappa shape index (κ1) is 26.5. The molecule has 1 aliphatic rings. The lowest BCUT2D eigenvalue weighted by molar-refractivity contribution is 0.432. The maximum Gasteiger partial charge on any atom is 0.243 e. The van der Waals surface area contributed by atoms with Gasteiger partial charge in [-0.3, -0.25) is 0 Å². The summed E-state index contributed by atoms with van der Waals surface area (Å²) in [6.07, 6.45) is 9.53. The van der Waals surface area contributed by atoms with Gasteiger partial charge in [-0.15, -0.1) is 23.2 Å². The van der Waals surface area contributed by atoms with Crippen molar-refractivity contribution in [1.29, 1.82) is 0 Å². The number of halogens is 2. The first-order chi connectivity index (χ1) is 15.9. The zero-order valence-corrected chi connectivity index (χ0v) is 21.9. The normalized spacial score (nSPS) is 21.2. The third kappa shape index (κ3) is 7.21. The molecular weight excluding hydrogens is 473 g/mol. The van der Waals surface area contributed by atoms with Gasteiger partial charge in [0.1, 0.15) is 0 Å². The van der Waals surface area contributed by atoms with Crippen molar-refractivity contribution in [1.82, 2.24) is 4.31 Å². The number of rotatable bonds is 13. The van der Waals surface area contributed by atoms with Crippen molar-refractivity contribution in [2.45, 2.75) is 79.9 Å². The van der Waals surface area contributed by atoms with E-state index in [0.717, 1.165) is 18.4 Å². The van der Waals surface area contributed by atoms with Crippen molar-refractivity contribution in [2.75, 3.05) is 13.1 Å². The Kier molecular flexibility index (Phi) is 10.6. The van der Waals surface area contributed by atoms with Gasteiger partial charge in [0.05, 0.1) is 15.6 Å². The van der Waals surface area contributed by atoms with Crippen molar-refractivity contribution in [2.24, 2.45) is 5.92 Å². The number of hydrogen-bond donors (Lipinski definition) is 0. The van der Waals surface area contributed by atoms with Crippen LogP contribution in [0.4, 0.5) is 0 Å². The van der Waals surface area contributed by atoms with Crippen LogP contribution in [0.3, 0.4) is 0 Å². The molecule has 0 amide bonds. The molecule has 2 aromatic carbocycles. The second-order valence-electron chi connectivity index (χ2n) is 9.19. The molecule has 2 aromatic rings. The van der Waals surface area contributed by atoms with Crippen LogP contribution in [0.2, 0.25) is 0 Å². The molecule has 4 unspecified atom stereocenters. The molecule has 1 aliphatic heterocycles. The lowest BCUT2D eigenvalue weighted by atomic mass is 9.85. The van der Waals surface area contributed by atoms with E-state index in [9.17, 15) is 8.42 Å². The molecule has 33 heavy (non-hydrogen) atoms. The second-order valence-corrected chi connectivity index (χ2v) is 12.2. The van der Waals surface area contributed by atoms with E-state index >= 15 is 0 Å². The van der Waals surface area contributed by atoms with E-state index in [1.165, 1.54) is 38.5 Å². The van der Waals surface area contributed by atoms with Crippen molar-refractivity contribution >= 4 is 33.2 Å². The van der Waals surface area contributed by atoms with E-state index in [1.807, 2.05) is 24.3 Å². The topological polar surface area (TPSA) is 37.4 Å². The van der Waals surface area contributed by atoms with Crippen LogP contribution >= 0.6 is 23.2 Å². The summed E-state index contributed by atoms with van der Waals surface area (Å²) in [4.78, 5) is 0.328. The highest BCUT2D eigenvalue weighted by atomic mass is 35.5. The Bertz CT molecular complexity index is 924. The van der Waals surface area contributed by atoms with Crippen LogP contribution in [0.25, 0.3) is 0 Å². The van der Waals surface area contributed by atoms with Gasteiger partial charge in [0.25, 0.3) is 0 Å². The lowest BCUT2D eigenvalue weighted by Crippen LogP contribution is -2.32. The maximum atomic E-state index is 13.3. The SMILES string of the molecule is CCCCCCCCCC(Cl)C(Cl)C1CN(S(=O)(=O)c2ccccc2)CC1c1ccccc1. The van der Waals surface area contributed by atoms with Crippen molar-refractivity contribution < 1.29 is 8.42 Å². The fourth-order valence-corrected chi connectivity index (χ4v) is 7.08. The van der Waals surface area contributed by atoms with Crippen LogP contribution in [-0.2, 0) is 10.0 Å². The number of sulfonamides is 1. The first-order valence-electron chi connectivity index (χ1n) is 12.3. The quantitative estimate of drug-likeness (QED) is 0.207. The van der Waals surface area contributed by atoms with Gasteiger partial charge in [-0.25, -0.2) is 8.42 Å². The van der Waals surface area contributed by atoms with Gasteiger partial charge < -0.3 is 0 Å². The number of nitrogens with zero attached hydrogens (tertiary/aromatic N) is 1. The molecule has 182 valence electrons. The Hall–Kier alpha value is -1.07. The molecule has 0 aromatic heterocycles. The minimum Gasteiger partial charge on any atom is -0.207 e. The third-order valence-electron chi connectivity index (χ3n) is 6.78. The van der Waals surface area contributed by atoms with Gasteiger partial charge in [0.2, 0.25) is 10.0 Å². The summed E-state index contributed by atoms with van der Waals surface area (Å²) in [6, 6.07) is 18.8. The molecule has 1 heterocycles. The molecule has 6 heteroatoms. The monoisotopic (exact) mass is 509 g/mol. The average molecular weight is 511 g/mol. The second kappa shape index (κ2) is 13.1. The molecule has 4 atom stereocenters. The van der Waals surface area contributed by atoms with Crippen molar-refractivity contribution in [3.8, 4) is 0 Å². The van der Waals surface area contributed by atoms with Crippen molar-refractivity contribution in [3.05, 3.63) is 66.2 Å². The summed E-state index contributed by atoms with van der Waals surface area (Å²) in [6.45, 7) is 3.05. The van der Waals surface area contributed by atoms with E-state index < -0.39 is 10.0 Å². The number of benzene rings is 2. The van der Waals surface area contributed by atoms with E-state index in [2.05, 4.69) is 19.1 Å². The molecule has 3 rings (SSSR count). The first-order valence-corrected chi connectivity index (χ1v) is 14.6.